The zero-order chi connectivity index (χ0) is 18.7. The third kappa shape index (κ3) is 3.75. The van der Waals surface area contributed by atoms with Gasteiger partial charge in [-0.3, -0.25) is 9.59 Å². The van der Waals surface area contributed by atoms with Crippen molar-refractivity contribution in [1.29, 1.82) is 0 Å². The third-order valence-corrected chi connectivity index (χ3v) is 5.14. The second-order valence-electron chi connectivity index (χ2n) is 6.83. The number of anilines is 1. The molecule has 1 aliphatic carbocycles. The Morgan fingerprint density at radius 1 is 1.27 bits per heavy atom. The number of carbonyl (C=O) groups excluding carboxylic acids is 2. The van der Waals surface area contributed by atoms with Crippen LogP contribution in [0.25, 0.3) is 0 Å². The molecule has 2 aromatic rings. The molecule has 0 bridgehead atoms. The number of rotatable bonds is 5. The summed E-state index contributed by atoms with van der Waals surface area (Å²) in [5.41, 5.74) is 0.383. The summed E-state index contributed by atoms with van der Waals surface area (Å²) in [5, 5.41) is 7.02. The van der Waals surface area contributed by atoms with Gasteiger partial charge in [-0.25, -0.2) is 0 Å². The van der Waals surface area contributed by atoms with Gasteiger partial charge in [-0.15, -0.1) is 0 Å². The minimum atomic E-state index is -0.579. The van der Waals surface area contributed by atoms with E-state index in [0.29, 0.717) is 16.6 Å². The largest absolute Gasteiger partial charge is 0.360 e. The number of halogens is 1. The molecule has 138 valence electrons. The molecule has 1 saturated carbocycles. The fraction of sp³-hybridized carbons (Fsp3) is 0.421. The van der Waals surface area contributed by atoms with E-state index in [0.717, 1.165) is 31.2 Å². The summed E-state index contributed by atoms with van der Waals surface area (Å²) in [5.74, 6) is 0.612. The Bertz CT molecular complexity index is 795. The van der Waals surface area contributed by atoms with Gasteiger partial charge in [0.15, 0.2) is 5.82 Å². The maximum Gasteiger partial charge on any atom is 0.245 e. The number of aromatic nitrogens is 1. The third-order valence-electron chi connectivity index (χ3n) is 4.89. The molecular formula is C19H22ClN3O3. The Balaban J connectivity index is 1.72. The lowest BCUT2D eigenvalue weighted by Crippen LogP contribution is -2.46. The molecular weight excluding hydrogens is 354 g/mol. The number of nitrogens with zero attached hydrogens (tertiary/aromatic N) is 2. The molecule has 6 nitrogen and oxygen atoms in total. The molecule has 7 heteroatoms. The van der Waals surface area contributed by atoms with E-state index in [9.17, 15) is 9.59 Å². The van der Waals surface area contributed by atoms with Crippen molar-refractivity contribution in [2.75, 3.05) is 18.9 Å². The number of hydrogen-bond acceptors (Lipinski definition) is 4. The van der Waals surface area contributed by atoms with Crippen LogP contribution in [0.2, 0.25) is 5.02 Å². The zero-order valence-corrected chi connectivity index (χ0v) is 15.7. The van der Waals surface area contributed by atoms with Gasteiger partial charge in [0.1, 0.15) is 5.76 Å². The first-order valence-corrected chi connectivity index (χ1v) is 9.03. The highest BCUT2D eigenvalue weighted by atomic mass is 35.5. The van der Waals surface area contributed by atoms with Crippen molar-refractivity contribution in [2.45, 2.75) is 38.0 Å². The van der Waals surface area contributed by atoms with Gasteiger partial charge in [0.2, 0.25) is 11.8 Å². The van der Waals surface area contributed by atoms with Crippen molar-refractivity contribution in [1.82, 2.24) is 10.1 Å². The molecule has 0 unspecified atom stereocenters. The molecule has 1 fully saturated rings. The van der Waals surface area contributed by atoms with Crippen LogP contribution >= 0.6 is 11.6 Å². The molecule has 1 aromatic carbocycles. The lowest BCUT2D eigenvalue weighted by Gasteiger charge is -2.32. The number of benzene rings is 1. The van der Waals surface area contributed by atoms with E-state index in [1.54, 1.807) is 20.0 Å². The van der Waals surface area contributed by atoms with Gasteiger partial charge in [0.05, 0.1) is 12.0 Å². The molecule has 2 amide bonds. The number of hydrogen-bond donors (Lipinski definition) is 1. The molecule has 0 radical (unpaired) electrons. The average Bonchev–Trinajstić information content (AvgIpc) is 3.24. The highest BCUT2D eigenvalue weighted by molar-refractivity contribution is 6.30. The second-order valence-corrected chi connectivity index (χ2v) is 7.26. The molecule has 0 saturated heterocycles. The van der Waals surface area contributed by atoms with Gasteiger partial charge in [-0.05, 0) is 37.5 Å². The van der Waals surface area contributed by atoms with Crippen LogP contribution in [0, 0.1) is 6.92 Å². The highest BCUT2D eigenvalue weighted by Gasteiger charge is 2.44. The fourth-order valence-electron chi connectivity index (χ4n) is 3.63. The van der Waals surface area contributed by atoms with Crippen molar-refractivity contribution >= 4 is 29.2 Å². The summed E-state index contributed by atoms with van der Waals surface area (Å²) in [4.78, 5) is 26.9. The van der Waals surface area contributed by atoms with Crippen molar-refractivity contribution in [2.24, 2.45) is 0 Å². The lowest BCUT2D eigenvalue weighted by molar-refractivity contribution is -0.138. The summed E-state index contributed by atoms with van der Waals surface area (Å²) in [7, 11) is 1.66. The quantitative estimate of drug-likeness (QED) is 0.867. The minimum Gasteiger partial charge on any atom is -0.360 e. The maximum atomic E-state index is 13.2. The van der Waals surface area contributed by atoms with Crippen molar-refractivity contribution in [3.05, 3.63) is 46.7 Å². The Morgan fingerprint density at radius 2 is 1.92 bits per heavy atom. The van der Waals surface area contributed by atoms with Gasteiger partial charge in [0.25, 0.3) is 0 Å². The monoisotopic (exact) mass is 375 g/mol. The first-order chi connectivity index (χ1) is 12.4. The first-order valence-electron chi connectivity index (χ1n) is 8.65. The first kappa shape index (κ1) is 18.5. The number of carbonyl (C=O) groups is 2. The molecule has 1 N–H and O–H groups in total. The van der Waals surface area contributed by atoms with Gasteiger partial charge < -0.3 is 14.7 Å². The molecule has 0 aliphatic heterocycles. The van der Waals surface area contributed by atoms with Crippen LogP contribution in [0.1, 0.15) is 37.0 Å². The van der Waals surface area contributed by atoms with Gasteiger partial charge in [0, 0.05) is 18.1 Å². The summed E-state index contributed by atoms with van der Waals surface area (Å²) < 4.78 is 4.93. The Morgan fingerprint density at radius 3 is 2.50 bits per heavy atom. The topological polar surface area (TPSA) is 75.4 Å². The van der Waals surface area contributed by atoms with Crippen LogP contribution in [0.15, 0.2) is 34.9 Å². The van der Waals surface area contributed by atoms with Gasteiger partial charge in [-0.1, -0.05) is 41.7 Å². The van der Waals surface area contributed by atoms with E-state index in [2.05, 4.69) is 10.5 Å². The predicted octanol–water partition coefficient (Wildman–Crippen LogP) is 3.55. The van der Waals surface area contributed by atoms with E-state index in [-0.39, 0.29) is 18.4 Å². The molecule has 0 atom stereocenters. The Labute approximate surface area is 157 Å². The number of aryl methyl sites for hydroxylation is 1. The smallest absolute Gasteiger partial charge is 0.245 e. The normalized spacial score (nSPS) is 15.7. The molecule has 1 aliphatic rings. The van der Waals surface area contributed by atoms with E-state index >= 15 is 0 Å². The zero-order valence-electron chi connectivity index (χ0n) is 14.9. The van der Waals surface area contributed by atoms with Crippen molar-refractivity contribution in [3.63, 3.8) is 0 Å². The average molecular weight is 376 g/mol. The minimum absolute atomic E-state index is 0.0381. The SMILES string of the molecule is Cc1cc(NC(=O)CN(C)C(=O)C2(c3ccc(Cl)cc3)CCCC2)no1. The lowest BCUT2D eigenvalue weighted by atomic mass is 9.77. The van der Waals surface area contributed by atoms with Crippen LogP contribution in [0.5, 0.6) is 0 Å². The van der Waals surface area contributed by atoms with Crippen LogP contribution in [0.4, 0.5) is 5.82 Å². The van der Waals surface area contributed by atoms with E-state index in [1.807, 2.05) is 24.3 Å². The summed E-state index contributed by atoms with van der Waals surface area (Å²) in [6.07, 6.45) is 3.54. The van der Waals surface area contributed by atoms with Gasteiger partial charge >= 0.3 is 0 Å². The predicted molar refractivity (Wildman–Crippen MR) is 99.1 cm³/mol. The Kier molecular flexibility index (Phi) is 5.32. The van der Waals surface area contributed by atoms with Crippen LogP contribution in [-0.4, -0.2) is 35.5 Å². The van der Waals surface area contributed by atoms with E-state index in [4.69, 9.17) is 16.1 Å². The second kappa shape index (κ2) is 7.50. The van der Waals surface area contributed by atoms with E-state index < -0.39 is 5.41 Å². The fourth-order valence-corrected chi connectivity index (χ4v) is 3.76. The molecule has 3 rings (SSSR count). The summed E-state index contributed by atoms with van der Waals surface area (Å²) >= 11 is 5.99. The van der Waals surface area contributed by atoms with Crippen LogP contribution in [0.3, 0.4) is 0 Å². The number of amides is 2. The highest BCUT2D eigenvalue weighted by Crippen LogP contribution is 2.42. The molecule has 26 heavy (non-hydrogen) atoms. The van der Waals surface area contributed by atoms with E-state index in [1.165, 1.54) is 4.90 Å². The van der Waals surface area contributed by atoms with Crippen LogP contribution < -0.4 is 5.32 Å². The molecule has 1 heterocycles. The maximum absolute atomic E-state index is 13.2. The standard InChI is InChI=1S/C19H22ClN3O3/c1-13-11-16(22-26-13)21-17(24)12-23(2)18(25)19(9-3-4-10-19)14-5-7-15(20)8-6-14/h5-8,11H,3-4,9-10,12H2,1-2H3,(H,21,22,24). The number of nitrogens with one attached hydrogen (secondary N) is 1. The van der Waals surface area contributed by atoms with Gasteiger partial charge in [-0.2, -0.15) is 0 Å². The molecule has 0 spiro atoms. The summed E-state index contributed by atoms with van der Waals surface area (Å²) in [6, 6.07) is 9.08. The van der Waals surface area contributed by atoms with Crippen LogP contribution in [-0.2, 0) is 15.0 Å². The molecule has 1 aromatic heterocycles. The van der Waals surface area contributed by atoms with Crippen molar-refractivity contribution < 1.29 is 14.1 Å². The Hall–Kier alpha value is -2.34. The van der Waals surface area contributed by atoms with Crippen molar-refractivity contribution in [3.8, 4) is 0 Å². The number of likely N-dealkylation sites (N-methyl/N-ethyl adjacent to an activating group) is 1. The summed E-state index contributed by atoms with van der Waals surface area (Å²) in [6.45, 7) is 1.70.